The van der Waals surface area contributed by atoms with Crippen LogP contribution in [0.25, 0.3) is 0 Å². The summed E-state index contributed by atoms with van der Waals surface area (Å²) < 4.78 is 11.9. The lowest BCUT2D eigenvalue weighted by Gasteiger charge is -2.11. The Kier molecular flexibility index (Phi) is 6.05. The fourth-order valence-electron chi connectivity index (χ4n) is 2.46. The third-order valence-electron chi connectivity index (χ3n) is 3.61. The Morgan fingerprint density at radius 1 is 1.15 bits per heavy atom. The lowest BCUT2D eigenvalue weighted by Crippen LogP contribution is -2.39. The van der Waals surface area contributed by atoms with Crippen molar-refractivity contribution in [3.8, 4) is 0 Å². The number of rotatable bonds is 6. The number of hydrogen-bond donors (Lipinski definition) is 2. The highest BCUT2D eigenvalue weighted by molar-refractivity contribution is 7.85. The Hall–Kier alpha value is -1.36. The second-order valence-electron chi connectivity index (χ2n) is 5.15. The summed E-state index contributed by atoms with van der Waals surface area (Å²) in [5, 5.41) is 5.65. The first-order valence-electron chi connectivity index (χ1n) is 7.21. The van der Waals surface area contributed by atoms with E-state index in [2.05, 4.69) is 10.6 Å². The van der Waals surface area contributed by atoms with E-state index in [4.69, 9.17) is 0 Å². The van der Waals surface area contributed by atoms with Crippen molar-refractivity contribution in [3.05, 3.63) is 30.3 Å². The standard InChI is InChI=1S/C15H22N2O2S/c18-15(17-12-13-6-4-5-7-13)16-10-11-20(19)14-8-2-1-3-9-14/h1-3,8-9,13H,4-7,10-12H2,(H2,16,17,18)/t20-/m1/s1. The van der Waals surface area contributed by atoms with Crippen LogP contribution in [0.2, 0.25) is 0 Å². The van der Waals surface area contributed by atoms with Crippen LogP contribution in [-0.4, -0.2) is 29.1 Å². The summed E-state index contributed by atoms with van der Waals surface area (Å²) in [6.07, 6.45) is 5.00. The molecule has 4 nitrogen and oxygen atoms in total. The largest absolute Gasteiger partial charge is 0.338 e. The summed E-state index contributed by atoms with van der Waals surface area (Å²) >= 11 is 0. The zero-order valence-corrected chi connectivity index (χ0v) is 12.5. The zero-order valence-electron chi connectivity index (χ0n) is 11.6. The van der Waals surface area contributed by atoms with Crippen LogP contribution in [0.15, 0.2) is 35.2 Å². The molecule has 20 heavy (non-hydrogen) atoms. The van der Waals surface area contributed by atoms with Crippen LogP contribution in [0.3, 0.4) is 0 Å². The molecular formula is C15H22N2O2S. The van der Waals surface area contributed by atoms with Gasteiger partial charge in [-0.05, 0) is 30.9 Å². The smallest absolute Gasteiger partial charge is 0.314 e. The van der Waals surface area contributed by atoms with Gasteiger partial charge in [0.1, 0.15) is 0 Å². The van der Waals surface area contributed by atoms with Gasteiger partial charge in [-0.25, -0.2) is 4.79 Å². The van der Waals surface area contributed by atoms with E-state index in [-0.39, 0.29) is 6.03 Å². The molecule has 0 spiro atoms. The number of benzene rings is 1. The molecule has 0 radical (unpaired) electrons. The first-order valence-corrected chi connectivity index (χ1v) is 8.53. The fraction of sp³-hybridized carbons (Fsp3) is 0.533. The maximum absolute atomic E-state index is 11.9. The summed E-state index contributed by atoms with van der Waals surface area (Å²) in [4.78, 5) is 12.4. The quantitative estimate of drug-likeness (QED) is 0.845. The van der Waals surface area contributed by atoms with E-state index in [9.17, 15) is 9.00 Å². The third-order valence-corrected chi connectivity index (χ3v) is 4.98. The molecule has 1 aromatic carbocycles. The Balaban J connectivity index is 1.60. The molecule has 0 heterocycles. The van der Waals surface area contributed by atoms with Crippen molar-refractivity contribution in [1.82, 2.24) is 10.6 Å². The highest BCUT2D eigenvalue weighted by Gasteiger charge is 2.15. The summed E-state index contributed by atoms with van der Waals surface area (Å²) in [5.41, 5.74) is 0. The fourth-order valence-corrected chi connectivity index (χ4v) is 3.45. The average molecular weight is 294 g/mol. The zero-order chi connectivity index (χ0) is 14.2. The van der Waals surface area contributed by atoms with Crippen LogP contribution in [0.1, 0.15) is 25.7 Å². The number of urea groups is 1. The van der Waals surface area contributed by atoms with Crippen molar-refractivity contribution in [2.24, 2.45) is 5.92 Å². The Bertz CT molecular complexity index is 444. The van der Waals surface area contributed by atoms with Crippen LogP contribution in [0, 0.1) is 5.92 Å². The SMILES string of the molecule is O=C(NCC[S@@](=O)c1ccccc1)NCC1CCCC1. The average Bonchev–Trinajstić information content (AvgIpc) is 2.99. The number of nitrogens with one attached hydrogen (secondary N) is 2. The van der Waals surface area contributed by atoms with Gasteiger partial charge in [-0.3, -0.25) is 4.21 Å². The molecule has 1 fully saturated rings. The van der Waals surface area contributed by atoms with Crippen LogP contribution in [-0.2, 0) is 10.8 Å². The minimum Gasteiger partial charge on any atom is -0.338 e. The van der Waals surface area contributed by atoms with Crippen molar-refractivity contribution >= 4 is 16.8 Å². The highest BCUT2D eigenvalue weighted by atomic mass is 32.2. The van der Waals surface area contributed by atoms with Gasteiger partial charge in [0.25, 0.3) is 0 Å². The van der Waals surface area contributed by atoms with E-state index in [1.165, 1.54) is 25.7 Å². The van der Waals surface area contributed by atoms with Gasteiger partial charge >= 0.3 is 6.03 Å². The molecule has 0 saturated heterocycles. The van der Waals surface area contributed by atoms with E-state index in [1.54, 1.807) is 0 Å². The molecule has 2 N–H and O–H groups in total. The first kappa shape index (κ1) is 15.0. The second-order valence-corrected chi connectivity index (χ2v) is 6.72. The number of carbonyl (C=O) groups is 1. The van der Waals surface area contributed by atoms with Gasteiger partial charge in [0.15, 0.2) is 0 Å². The van der Waals surface area contributed by atoms with Crippen LogP contribution < -0.4 is 10.6 Å². The lowest BCUT2D eigenvalue weighted by atomic mass is 10.1. The molecule has 1 aliphatic rings. The van der Waals surface area contributed by atoms with E-state index in [1.807, 2.05) is 30.3 Å². The Morgan fingerprint density at radius 2 is 1.85 bits per heavy atom. The monoisotopic (exact) mass is 294 g/mol. The molecule has 0 unspecified atom stereocenters. The molecule has 0 bridgehead atoms. The highest BCUT2D eigenvalue weighted by Crippen LogP contribution is 2.23. The predicted molar refractivity (Wildman–Crippen MR) is 81.1 cm³/mol. The summed E-state index contributed by atoms with van der Waals surface area (Å²) in [7, 11) is -1.05. The topological polar surface area (TPSA) is 58.2 Å². The van der Waals surface area contributed by atoms with Crippen molar-refractivity contribution in [1.29, 1.82) is 0 Å². The van der Waals surface area contributed by atoms with E-state index in [0.29, 0.717) is 18.2 Å². The number of hydrogen-bond acceptors (Lipinski definition) is 2. The van der Waals surface area contributed by atoms with Crippen molar-refractivity contribution in [2.45, 2.75) is 30.6 Å². The van der Waals surface area contributed by atoms with Crippen LogP contribution in [0.4, 0.5) is 4.79 Å². The molecule has 1 aromatic rings. The van der Waals surface area contributed by atoms with E-state index >= 15 is 0 Å². The molecule has 1 atom stereocenters. The minimum atomic E-state index is -1.05. The van der Waals surface area contributed by atoms with Gasteiger partial charge in [-0.1, -0.05) is 31.0 Å². The van der Waals surface area contributed by atoms with Crippen LogP contribution >= 0.6 is 0 Å². The molecule has 0 aromatic heterocycles. The first-order chi connectivity index (χ1) is 9.75. The molecule has 1 saturated carbocycles. The van der Waals surface area contributed by atoms with Gasteiger partial charge in [0.2, 0.25) is 0 Å². The van der Waals surface area contributed by atoms with Gasteiger partial charge in [0.05, 0.1) is 10.8 Å². The molecule has 1 aliphatic carbocycles. The van der Waals surface area contributed by atoms with E-state index in [0.717, 1.165) is 11.4 Å². The van der Waals surface area contributed by atoms with Crippen molar-refractivity contribution in [3.63, 3.8) is 0 Å². The van der Waals surface area contributed by atoms with Crippen LogP contribution in [0.5, 0.6) is 0 Å². The van der Waals surface area contributed by atoms with Gasteiger partial charge < -0.3 is 10.6 Å². The summed E-state index contributed by atoms with van der Waals surface area (Å²) in [6.45, 7) is 1.19. The molecule has 0 aliphatic heterocycles. The Labute approximate surface area is 122 Å². The molecular weight excluding hydrogens is 272 g/mol. The molecule has 2 amide bonds. The normalized spacial score (nSPS) is 16.8. The second kappa shape index (κ2) is 8.04. The number of amides is 2. The van der Waals surface area contributed by atoms with E-state index < -0.39 is 10.8 Å². The maximum atomic E-state index is 11.9. The maximum Gasteiger partial charge on any atom is 0.314 e. The Morgan fingerprint density at radius 3 is 2.55 bits per heavy atom. The third kappa shape index (κ3) is 4.96. The summed E-state index contributed by atoms with van der Waals surface area (Å²) in [6, 6.07) is 9.17. The lowest BCUT2D eigenvalue weighted by molar-refractivity contribution is 0.239. The van der Waals surface area contributed by atoms with Crippen molar-refractivity contribution < 1.29 is 9.00 Å². The van der Waals surface area contributed by atoms with Gasteiger partial charge in [-0.2, -0.15) is 0 Å². The predicted octanol–water partition coefficient (Wildman–Crippen LogP) is 2.28. The minimum absolute atomic E-state index is 0.151. The van der Waals surface area contributed by atoms with Crippen molar-refractivity contribution in [2.75, 3.05) is 18.8 Å². The summed E-state index contributed by atoms with van der Waals surface area (Å²) in [5.74, 6) is 1.08. The molecule has 110 valence electrons. The van der Waals surface area contributed by atoms with Gasteiger partial charge in [0, 0.05) is 23.7 Å². The van der Waals surface area contributed by atoms with Gasteiger partial charge in [-0.15, -0.1) is 0 Å². The molecule has 5 heteroatoms. The molecule has 2 rings (SSSR count). The number of carbonyl (C=O) groups excluding carboxylic acids is 1.